The summed E-state index contributed by atoms with van der Waals surface area (Å²) in [4.78, 5) is 26.3. The quantitative estimate of drug-likeness (QED) is 0.254. The van der Waals surface area contributed by atoms with Gasteiger partial charge in [0.2, 0.25) is 11.9 Å². The van der Waals surface area contributed by atoms with Crippen molar-refractivity contribution in [1.29, 1.82) is 0 Å². The van der Waals surface area contributed by atoms with Gasteiger partial charge in [-0.1, -0.05) is 28.5 Å². The predicted octanol–water partition coefficient (Wildman–Crippen LogP) is -7.10. The molecule has 6 nitrogen and oxygen atoms in total. The van der Waals surface area contributed by atoms with Gasteiger partial charge in [-0.25, -0.2) is 15.0 Å². The van der Waals surface area contributed by atoms with E-state index in [1.807, 2.05) is 51.7 Å². The molecule has 0 aliphatic carbocycles. The van der Waals surface area contributed by atoms with Gasteiger partial charge in [0.1, 0.15) is 54.9 Å². The molecular formula is C21H24B7N5O. The highest BCUT2D eigenvalue weighted by atomic mass is 16.1. The summed E-state index contributed by atoms with van der Waals surface area (Å²) in [6.07, 6.45) is 5.32. The number of hydrogen-bond acceptors (Lipinski definition) is 4. The Hall–Kier alpha value is -3.35. The summed E-state index contributed by atoms with van der Waals surface area (Å²) in [5.41, 5.74) is 11.8. The summed E-state index contributed by atoms with van der Waals surface area (Å²) in [5.74, 6) is 0.0887. The van der Waals surface area contributed by atoms with E-state index in [4.69, 9.17) is 0 Å². The lowest BCUT2D eigenvalue weighted by atomic mass is 9.57. The van der Waals surface area contributed by atoms with Crippen molar-refractivity contribution >= 4 is 110 Å². The number of aryl methyl sites for hydroxylation is 1. The van der Waals surface area contributed by atoms with Crippen LogP contribution in [0, 0.1) is 0 Å². The molecule has 2 aromatic heterocycles. The van der Waals surface area contributed by atoms with Crippen LogP contribution in [0.2, 0.25) is 0 Å². The van der Waals surface area contributed by atoms with Crippen LogP contribution >= 0.6 is 0 Å². The number of aromatic nitrogens is 4. The molecule has 0 bridgehead atoms. The van der Waals surface area contributed by atoms with Crippen molar-refractivity contribution in [2.24, 2.45) is 7.05 Å². The van der Waals surface area contributed by atoms with Crippen molar-refractivity contribution in [3.8, 4) is 11.3 Å². The Balaban J connectivity index is 1.68. The standard InChI is InChI=1S/C21H24B7N5O/c1-33-7-29-6-11(33)8-2-3-9-5-30-21(31-10(9)4-8)32-20(34)19(28)15(24)12-13(22)16(25)18(27)17(26)14(12)23/h2-7H,22-28H2,1H3,(H,30,31,32,34)/b19-15+. The molecule has 2 heterocycles. The molecule has 2 aromatic carbocycles. The van der Waals surface area contributed by atoms with Gasteiger partial charge in [0.15, 0.2) is 0 Å². The third-order valence-corrected chi connectivity index (χ3v) is 7.20. The van der Waals surface area contributed by atoms with Gasteiger partial charge in [0.25, 0.3) is 0 Å². The van der Waals surface area contributed by atoms with E-state index in [9.17, 15) is 4.79 Å². The highest BCUT2D eigenvalue weighted by molar-refractivity contribution is 6.70. The van der Waals surface area contributed by atoms with Crippen LogP contribution in [0.3, 0.4) is 0 Å². The minimum Gasteiger partial charge on any atom is -0.334 e. The fourth-order valence-corrected chi connectivity index (χ4v) is 4.49. The average molecular weight is 438 g/mol. The summed E-state index contributed by atoms with van der Waals surface area (Å²) in [7, 11) is 16.5. The monoisotopic (exact) mass is 439 g/mol. The zero-order valence-corrected chi connectivity index (χ0v) is 21.2. The molecule has 4 aromatic rings. The molecule has 1 amide bonds. The number of carbonyl (C=O) groups is 1. The number of carbonyl (C=O) groups excluding carboxylic acids is 1. The Labute approximate surface area is 206 Å². The average Bonchev–Trinajstić information content (AvgIpc) is 3.26. The van der Waals surface area contributed by atoms with E-state index in [1.165, 1.54) is 27.3 Å². The number of rotatable bonds is 4. The molecule has 0 aliphatic heterocycles. The number of imidazole rings is 1. The smallest absolute Gasteiger partial charge is 0.243 e. The largest absolute Gasteiger partial charge is 0.334 e. The number of anilines is 1. The second-order valence-corrected chi connectivity index (χ2v) is 9.06. The van der Waals surface area contributed by atoms with E-state index in [0.717, 1.165) is 33.2 Å². The maximum absolute atomic E-state index is 13.2. The van der Waals surface area contributed by atoms with Gasteiger partial charge in [-0.3, -0.25) is 10.1 Å². The zero-order chi connectivity index (χ0) is 24.7. The Morgan fingerprint density at radius 3 is 2.21 bits per heavy atom. The van der Waals surface area contributed by atoms with Gasteiger partial charge in [0.05, 0.1) is 23.7 Å². The van der Waals surface area contributed by atoms with Crippen LogP contribution in [0.15, 0.2) is 42.4 Å². The first-order chi connectivity index (χ1) is 16.1. The van der Waals surface area contributed by atoms with Crippen LogP contribution < -0.4 is 32.6 Å². The molecule has 1 N–H and O–H groups in total. The van der Waals surface area contributed by atoms with Crippen LogP contribution in [-0.2, 0) is 11.8 Å². The number of nitrogens with one attached hydrogen (secondary N) is 1. The maximum Gasteiger partial charge on any atom is 0.243 e. The van der Waals surface area contributed by atoms with Crippen molar-refractivity contribution in [2.75, 3.05) is 5.32 Å². The Morgan fingerprint density at radius 1 is 0.941 bits per heavy atom. The molecule has 0 fully saturated rings. The Morgan fingerprint density at radius 2 is 1.59 bits per heavy atom. The second-order valence-electron chi connectivity index (χ2n) is 9.06. The Kier molecular flexibility index (Phi) is 6.39. The highest BCUT2D eigenvalue weighted by Gasteiger charge is 2.17. The zero-order valence-electron chi connectivity index (χ0n) is 21.2. The minimum atomic E-state index is -0.200. The number of benzene rings is 2. The predicted molar refractivity (Wildman–Crippen MR) is 162 cm³/mol. The van der Waals surface area contributed by atoms with E-state index in [-0.39, 0.29) is 11.9 Å². The number of hydrogen-bond donors (Lipinski definition) is 1. The van der Waals surface area contributed by atoms with Gasteiger partial charge >= 0.3 is 0 Å². The first-order valence-electron chi connectivity index (χ1n) is 11.4. The lowest BCUT2D eigenvalue weighted by Gasteiger charge is -2.22. The summed E-state index contributed by atoms with van der Waals surface area (Å²) in [6.45, 7) is 0. The number of nitrogens with zero attached hydrogens (tertiary/aromatic N) is 4. The molecule has 0 spiro atoms. The highest BCUT2D eigenvalue weighted by Crippen LogP contribution is 2.23. The first kappa shape index (κ1) is 23.8. The van der Waals surface area contributed by atoms with Crippen molar-refractivity contribution in [1.82, 2.24) is 19.5 Å². The SMILES string of the molecule is B/C(C(=O)Nc1ncc2ccc(-c3cncn3C)cc2n1)=C(/B)c1c(B)c(B)c(B)c(B)c1B. The van der Waals surface area contributed by atoms with E-state index < -0.39 is 0 Å². The molecule has 0 atom stereocenters. The van der Waals surface area contributed by atoms with Crippen LogP contribution in [0.25, 0.3) is 27.6 Å². The number of fused-ring (bicyclic) bond motifs is 1. The van der Waals surface area contributed by atoms with Crippen LogP contribution in [0.1, 0.15) is 5.56 Å². The summed E-state index contributed by atoms with van der Waals surface area (Å²) in [5, 5.41) is 3.80. The third-order valence-electron chi connectivity index (χ3n) is 7.20. The fraction of sp³-hybridized carbons (Fsp3) is 0.0476. The molecule has 13 heteroatoms. The molecule has 0 saturated heterocycles. The van der Waals surface area contributed by atoms with E-state index in [2.05, 4.69) is 59.5 Å². The van der Waals surface area contributed by atoms with E-state index in [1.54, 1.807) is 12.5 Å². The number of amides is 1. The first-order valence-corrected chi connectivity index (χ1v) is 11.4. The molecular weight excluding hydrogens is 414 g/mol. The summed E-state index contributed by atoms with van der Waals surface area (Å²) >= 11 is 0. The Bertz CT molecular complexity index is 1470. The van der Waals surface area contributed by atoms with E-state index in [0.29, 0.717) is 5.47 Å². The molecule has 0 aliphatic rings. The maximum atomic E-state index is 13.2. The summed E-state index contributed by atoms with van der Waals surface area (Å²) in [6, 6.07) is 5.99. The lowest BCUT2D eigenvalue weighted by Crippen LogP contribution is -2.56. The topological polar surface area (TPSA) is 72.7 Å². The molecule has 0 saturated carbocycles. The van der Waals surface area contributed by atoms with Gasteiger partial charge in [-0.2, -0.15) is 0 Å². The molecule has 4 rings (SSSR count). The van der Waals surface area contributed by atoms with Gasteiger partial charge in [0, 0.05) is 24.2 Å². The summed E-state index contributed by atoms with van der Waals surface area (Å²) < 4.78 is 1.96. The van der Waals surface area contributed by atoms with Crippen molar-refractivity contribution < 1.29 is 4.79 Å². The van der Waals surface area contributed by atoms with E-state index >= 15 is 0 Å². The van der Waals surface area contributed by atoms with Crippen LogP contribution in [0.4, 0.5) is 5.95 Å². The molecule has 0 radical (unpaired) electrons. The van der Waals surface area contributed by atoms with Crippen molar-refractivity contribution in [2.45, 2.75) is 0 Å². The third kappa shape index (κ3) is 4.15. The molecule has 160 valence electrons. The van der Waals surface area contributed by atoms with Gasteiger partial charge in [-0.05, 0) is 17.1 Å². The van der Waals surface area contributed by atoms with Crippen molar-refractivity contribution in [3.05, 3.63) is 48.0 Å². The molecule has 0 unspecified atom stereocenters. The van der Waals surface area contributed by atoms with Gasteiger partial charge < -0.3 is 4.57 Å². The molecule has 34 heavy (non-hydrogen) atoms. The minimum absolute atomic E-state index is 0.200. The van der Waals surface area contributed by atoms with Crippen molar-refractivity contribution in [3.63, 3.8) is 0 Å². The fourth-order valence-electron chi connectivity index (χ4n) is 4.49. The van der Waals surface area contributed by atoms with Gasteiger partial charge in [-0.15, -0.1) is 16.4 Å². The lowest BCUT2D eigenvalue weighted by molar-refractivity contribution is -0.112. The van der Waals surface area contributed by atoms with Crippen LogP contribution in [-0.4, -0.2) is 80.4 Å². The second kappa shape index (κ2) is 9.13. The van der Waals surface area contributed by atoms with Crippen LogP contribution in [0.5, 0.6) is 0 Å². The normalized spacial score (nSPS) is 11.9.